The van der Waals surface area contributed by atoms with Gasteiger partial charge in [0.15, 0.2) is 0 Å². The molecule has 0 heterocycles. The lowest BCUT2D eigenvalue weighted by atomic mass is 10.0. The van der Waals surface area contributed by atoms with E-state index >= 15 is 0 Å². The average molecular weight is 208 g/mol. The van der Waals surface area contributed by atoms with Crippen molar-refractivity contribution in [1.82, 2.24) is 0 Å². The molecule has 0 aliphatic carbocycles. The Morgan fingerprint density at radius 1 is 1.29 bits per heavy atom. The van der Waals surface area contributed by atoms with Crippen LogP contribution in [0.4, 0.5) is 17.6 Å². The maximum atomic E-state index is 12.9. The number of hydrogen-bond acceptors (Lipinski definition) is 1. The first-order valence-electron chi connectivity index (χ1n) is 3.83. The maximum absolute atomic E-state index is 12.9. The van der Waals surface area contributed by atoms with Gasteiger partial charge in [-0.05, 0) is 18.2 Å². The molecule has 1 aromatic carbocycles. The van der Waals surface area contributed by atoms with Crippen molar-refractivity contribution in [3.05, 3.63) is 35.4 Å². The molecule has 1 N–H and O–H groups in total. The number of hydrogen-bond donors (Lipinski definition) is 1. The molecule has 5 heteroatoms. The van der Waals surface area contributed by atoms with E-state index in [0.717, 1.165) is 6.07 Å². The quantitative estimate of drug-likeness (QED) is 0.741. The first-order valence-corrected chi connectivity index (χ1v) is 3.83. The molecular weight excluding hydrogens is 200 g/mol. The van der Waals surface area contributed by atoms with Crippen molar-refractivity contribution in [2.24, 2.45) is 0 Å². The molecule has 0 spiro atoms. The van der Waals surface area contributed by atoms with Crippen molar-refractivity contribution in [2.45, 2.75) is 19.0 Å². The highest BCUT2D eigenvalue weighted by atomic mass is 19.3. The van der Waals surface area contributed by atoms with Gasteiger partial charge in [0.2, 0.25) is 0 Å². The monoisotopic (exact) mass is 208 g/mol. The van der Waals surface area contributed by atoms with Crippen LogP contribution in [0.1, 0.15) is 18.6 Å². The van der Waals surface area contributed by atoms with Gasteiger partial charge in [0.25, 0.3) is 5.92 Å². The first kappa shape index (κ1) is 11.0. The van der Waals surface area contributed by atoms with Crippen LogP contribution in [-0.2, 0) is 0 Å². The van der Waals surface area contributed by atoms with Crippen LogP contribution >= 0.6 is 0 Å². The smallest absolute Gasteiger partial charge is 0.274 e. The largest absolute Gasteiger partial charge is 0.382 e. The Kier molecular flexibility index (Phi) is 2.80. The van der Waals surface area contributed by atoms with E-state index in [2.05, 4.69) is 0 Å². The van der Waals surface area contributed by atoms with Crippen LogP contribution in [0.25, 0.3) is 0 Å². The Labute approximate surface area is 78.0 Å². The molecule has 78 valence electrons. The molecule has 0 aromatic heterocycles. The van der Waals surface area contributed by atoms with Crippen molar-refractivity contribution in [1.29, 1.82) is 0 Å². The molecule has 1 aromatic rings. The van der Waals surface area contributed by atoms with E-state index in [1.54, 1.807) is 0 Å². The molecule has 0 aliphatic heterocycles. The molecule has 1 unspecified atom stereocenters. The summed E-state index contributed by atoms with van der Waals surface area (Å²) in [6.07, 6.45) is -2.34. The highest BCUT2D eigenvalue weighted by molar-refractivity contribution is 5.22. The summed E-state index contributed by atoms with van der Waals surface area (Å²) in [5.74, 6) is -5.43. The zero-order valence-electron chi connectivity index (χ0n) is 7.27. The fourth-order valence-corrected chi connectivity index (χ4v) is 0.997. The normalized spacial score (nSPS) is 14.1. The second-order valence-corrected chi connectivity index (χ2v) is 3.02. The molecular formula is C9H8F4O. The summed E-state index contributed by atoms with van der Waals surface area (Å²) in [5, 5.41) is 9.01. The van der Waals surface area contributed by atoms with Gasteiger partial charge in [-0.2, -0.15) is 0 Å². The highest BCUT2D eigenvalue weighted by Gasteiger charge is 2.35. The van der Waals surface area contributed by atoms with Crippen LogP contribution in [0.15, 0.2) is 18.2 Å². The van der Waals surface area contributed by atoms with E-state index in [1.165, 1.54) is 0 Å². The molecule has 14 heavy (non-hydrogen) atoms. The number of benzene rings is 1. The fourth-order valence-electron chi connectivity index (χ4n) is 0.997. The zero-order valence-corrected chi connectivity index (χ0v) is 7.27. The predicted molar refractivity (Wildman–Crippen MR) is 41.9 cm³/mol. The molecule has 1 atom stereocenters. The van der Waals surface area contributed by atoms with Gasteiger partial charge in [0, 0.05) is 12.5 Å². The van der Waals surface area contributed by atoms with Gasteiger partial charge in [-0.15, -0.1) is 0 Å². The van der Waals surface area contributed by atoms with Gasteiger partial charge < -0.3 is 5.11 Å². The van der Waals surface area contributed by atoms with E-state index in [0.29, 0.717) is 19.1 Å². The highest BCUT2D eigenvalue weighted by Crippen LogP contribution is 2.32. The fraction of sp³-hybridized carbons (Fsp3) is 0.333. The second-order valence-electron chi connectivity index (χ2n) is 3.02. The van der Waals surface area contributed by atoms with Gasteiger partial charge in [0.05, 0.1) is 0 Å². The summed E-state index contributed by atoms with van der Waals surface area (Å²) in [4.78, 5) is 0. The molecule has 0 aliphatic rings. The summed E-state index contributed by atoms with van der Waals surface area (Å²) in [6, 6.07) is 2.04. The summed E-state index contributed by atoms with van der Waals surface area (Å²) in [5.41, 5.74) is -0.738. The van der Waals surface area contributed by atoms with Crippen LogP contribution < -0.4 is 0 Å². The summed E-state index contributed by atoms with van der Waals surface area (Å²) < 4.78 is 50.6. The summed E-state index contributed by atoms with van der Waals surface area (Å²) in [6.45, 7) is 0.433. The lowest BCUT2D eigenvalue weighted by Crippen LogP contribution is -2.22. The Bertz CT molecular complexity index is 332. The van der Waals surface area contributed by atoms with Crippen molar-refractivity contribution < 1.29 is 22.7 Å². The third kappa shape index (κ3) is 2.23. The molecule has 0 amide bonds. The minimum atomic E-state index is -3.51. The van der Waals surface area contributed by atoms with Gasteiger partial charge in [-0.25, -0.2) is 17.6 Å². The van der Waals surface area contributed by atoms with E-state index in [9.17, 15) is 17.6 Å². The van der Waals surface area contributed by atoms with E-state index < -0.39 is 29.2 Å². The lowest BCUT2D eigenvalue weighted by molar-refractivity contribution is -0.0968. The van der Waals surface area contributed by atoms with Crippen molar-refractivity contribution in [3.63, 3.8) is 0 Å². The van der Waals surface area contributed by atoms with Crippen LogP contribution in [0.2, 0.25) is 0 Å². The molecule has 0 bridgehead atoms. The molecule has 1 nitrogen and oxygen atoms in total. The first-order chi connectivity index (χ1) is 6.32. The Hall–Kier alpha value is -1.10. The molecule has 0 radical (unpaired) electrons. The topological polar surface area (TPSA) is 20.2 Å². The Morgan fingerprint density at radius 2 is 1.86 bits per heavy atom. The van der Waals surface area contributed by atoms with Gasteiger partial charge >= 0.3 is 0 Å². The van der Waals surface area contributed by atoms with Crippen molar-refractivity contribution >= 4 is 0 Å². The van der Waals surface area contributed by atoms with Crippen LogP contribution in [0, 0.1) is 11.6 Å². The SMILES string of the molecule is CC(F)(F)C(O)c1cc(F)ccc1F. The number of aliphatic hydroxyl groups excluding tert-OH is 1. The molecule has 1 rings (SSSR count). The summed E-state index contributed by atoms with van der Waals surface area (Å²) in [7, 11) is 0. The zero-order chi connectivity index (χ0) is 10.9. The number of halogens is 4. The third-order valence-electron chi connectivity index (χ3n) is 1.73. The van der Waals surface area contributed by atoms with Crippen LogP contribution in [0.3, 0.4) is 0 Å². The van der Waals surface area contributed by atoms with Gasteiger partial charge in [-0.1, -0.05) is 0 Å². The van der Waals surface area contributed by atoms with E-state index in [-0.39, 0.29) is 0 Å². The van der Waals surface area contributed by atoms with Crippen molar-refractivity contribution in [3.8, 4) is 0 Å². The Balaban J connectivity index is 3.12. The van der Waals surface area contributed by atoms with Crippen molar-refractivity contribution in [2.75, 3.05) is 0 Å². The third-order valence-corrected chi connectivity index (χ3v) is 1.73. The molecule has 0 fully saturated rings. The van der Waals surface area contributed by atoms with Gasteiger partial charge in [-0.3, -0.25) is 0 Å². The van der Waals surface area contributed by atoms with Crippen LogP contribution in [0.5, 0.6) is 0 Å². The molecule has 0 saturated carbocycles. The number of rotatable bonds is 2. The minimum Gasteiger partial charge on any atom is -0.382 e. The predicted octanol–water partition coefficient (Wildman–Crippen LogP) is 2.65. The maximum Gasteiger partial charge on any atom is 0.274 e. The van der Waals surface area contributed by atoms with E-state index in [4.69, 9.17) is 5.11 Å². The average Bonchev–Trinajstić information content (AvgIpc) is 2.06. The second kappa shape index (κ2) is 3.57. The molecule has 0 saturated heterocycles. The standard InChI is InChI=1S/C9H8F4O/c1-9(12,13)8(14)6-4-5(10)2-3-7(6)11/h2-4,8,14H,1H3. The lowest BCUT2D eigenvalue weighted by Gasteiger charge is -2.18. The Morgan fingerprint density at radius 3 is 2.36 bits per heavy atom. The minimum absolute atomic E-state index is 0.433. The number of aliphatic hydroxyl groups is 1. The van der Waals surface area contributed by atoms with Gasteiger partial charge in [0.1, 0.15) is 17.7 Å². The van der Waals surface area contributed by atoms with Crippen LogP contribution in [-0.4, -0.2) is 11.0 Å². The summed E-state index contributed by atoms with van der Waals surface area (Å²) >= 11 is 0. The number of alkyl halides is 2. The van der Waals surface area contributed by atoms with E-state index in [1.807, 2.05) is 0 Å².